The van der Waals surface area contributed by atoms with Crippen LogP contribution in [0.2, 0.25) is 0 Å². The van der Waals surface area contributed by atoms with Gasteiger partial charge < -0.3 is 9.47 Å². The van der Waals surface area contributed by atoms with Gasteiger partial charge >= 0.3 is 5.97 Å². The van der Waals surface area contributed by atoms with Crippen LogP contribution in [0.25, 0.3) is 0 Å². The van der Waals surface area contributed by atoms with Gasteiger partial charge in [0.15, 0.2) is 0 Å². The number of methoxy groups -OCH3 is 2. The van der Waals surface area contributed by atoms with Crippen LogP contribution in [-0.2, 0) is 14.3 Å². The highest BCUT2D eigenvalue weighted by atomic mass is 16.6. The molecule has 62 valence electrons. The zero-order valence-electron chi connectivity index (χ0n) is 7.01. The Hall–Kier alpha value is -1.25. The summed E-state index contributed by atoms with van der Waals surface area (Å²) in [5, 5.41) is 0. The van der Waals surface area contributed by atoms with Gasteiger partial charge in [-0.3, -0.25) is 0 Å². The van der Waals surface area contributed by atoms with E-state index in [4.69, 9.17) is 4.74 Å². The second kappa shape index (κ2) is 4.55. The lowest BCUT2D eigenvalue weighted by Gasteiger charge is -2.02. The lowest BCUT2D eigenvalue weighted by Crippen LogP contribution is -2.06. The van der Waals surface area contributed by atoms with Crippen LogP contribution >= 0.6 is 0 Å². The maximum atomic E-state index is 10.8. The minimum atomic E-state index is -0.490. The Bertz CT molecular complexity index is 192. The standard InChI is InChI=1S/C8H12O3/c1-6(2)5-7(10-3)8(9)11-4/h5H,1H2,2-4H3/b7-5+. The van der Waals surface area contributed by atoms with Crippen molar-refractivity contribution in [2.75, 3.05) is 14.2 Å². The smallest absolute Gasteiger partial charge is 0.373 e. The molecule has 0 rings (SSSR count). The summed E-state index contributed by atoms with van der Waals surface area (Å²) in [6.45, 7) is 5.36. The maximum Gasteiger partial charge on any atom is 0.373 e. The predicted molar refractivity (Wildman–Crippen MR) is 41.9 cm³/mol. The van der Waals surface area contributed by atoms with E-state index in [1.54, 1.807) is 6.92 Å². The molecule has 0 N–H and O–H groups in total. The Morgan fingerprint density at radius 3 is 2.18 bits per heavy atom. The summed E-state index contributed by atoms with van der Waals surface area (Å²) in [5.74, 6) is -0.324. The molecule has 0 aliphatic rings. The average Bonchev–Trinajstić information content (AvgIpc) is 1.98. The van der Waals surface area contributed by atoms with E-state index in [1.807, 2.05) is 0 Å². The third-order valence-corrected chi connectivity index (χ3v) is 0.984. The van der Waals surface area contributed by atoms with Crippen molar-refractivity contribution in [1.82, 2.24) is 0 Å². The topological polar surface area (TPSA) is 35.5 Å². The Labute approximate surface area is 66.3 Å². The van der Waals surface area contributed by atoms with Gasteiger partial charge in [0, 0.05) is 0 Å². The maximum absolute atomic E-state index is 10.8. The normalized spacial score (nSPS) is 10.6. The lowest BCUT2D eigenvalue weighted by molar-refractivity contribution is -0.139. The first-order valence-corrected chi connectivity index (χ1v) is 3.11. The van der Waals surface area contributed by atoms with Crippen LogP contribution in [0.15, 0.2) is 24.0 Å². The van der Waals surface area contributed by atoms with Crippen molar-refractivity contribution in [3.63, 3.8) is 0 Å². The van der Waals surface area contributed by atoms with Crippen molar-refractivity contribution in [2.45, 2.75) is 6.92 Å². The van der Waals surface area contributed by atoms with E-state index in [2.05, 4.69) is 11.3 Å². The van der Waals surface area contributed by atoms with Crippen LogP contribution in [0.1, 0.15) is 6.92 Å². The molecule has 0 aromatic carbocycles. The van der Waals surface area contributed by atoms with Gasteiger partial charge in [-0.05, 0) is 13.0 Å². The fourth-order valence-corrected chi connectivity index (χ4v) is 0.526. The minimum Gasteiger partial charge on any atom is -0.490 e. The molecule has 0 amide bonds. The highest BCUT2D eigenvalue weighted by Crippen LogP contribution is 2.02. The molecule has 0 unspecified atom stereocenters. The molecule has 0 fully saturated rings. The van der Waals surface area contributed by atoms with Gasteiger partial charge in [0.25, 0.3) is 0 Å². The van der Waals surface area contributed by atoms with Crippen LogP contribution < -0.4 is 0 Å². The van der Waals surface area contributed by atoms with Gasteiger partial charge in [-0.25, -0.2) is 4.79 Å². The second-order valence-electron chi connectivity index (χ2n) is 2.05. The van der Waals surface area contributed by atoms with Gasteiger partial charge in [0.2, 0.25) is 5.76 Å². The highest BCUT2D eigenvalue weighted by Gasteiger charge is 2.07. The zero-order chi connectivity index (χ0) is 8.85. The zero-order valence-corrected chi connectivity index (χ0v) is 7.01. The molecular formula is C8H12O3. The molecule has 3 nitrogen and oxygen atoms in total. The monoisotopic (exact) mass is 156 g/mol. The summed E-state index contributed by atoms with van der Waals surface area (Å²) in [5.41, 5.74) is 0.743. The summed E-state index contributed by atoms with van der Waals surface area (Å²) in [7, 11) is 2.71. The van der Waals surface area contributed by atoms with E-state index in [-0.39, 0.29) is 5.76 Å². The van der Waals surface area contributed by atoms with Crippen molar-refractivity contribution >= 4 is 5.97 Å². The number of hydrogen-bond acceptors (Lipinski definition) is 3. The molecule has 3 heteroatoms. The molecule has 0 aliphatic carbocycles. The van der Waals surface area contributed by atoms with Crippen LogP contribution in [0.3, 0.4) is 0 Å². The summed E-state index contributed by atoms with van der Waals surface area (Å²) in [4.78, 5) is 10.8. The van der Waals surface area contributed by atoms with Gasteiger partial charge in [-0.15, -0.1) is 0 Å². The van der Waals surface area contributed by atoms with Gasteiger partial charge in [-0.2, -0.15) is 0 Å². The van der Waals surface area contributed by atoms with E-state index in [9.17, 15) is 4.79 Å². The molecule has 0 aromatic rings. The molecule has 0 bridgehead atoms. The largest absolute Gasteiger partial charge is 0.490 e. The van der Waals surface area contributed by atoms with Crippen LogP contribution in [0.5, 0.6) is 0 Å². The molecular weight excluding hydrogens is 144 g/mol. The first-order valence-electron chi connectivity index (χ1n) is 3.11. The Kier molecular flexibility index (Phi) is 4.03. The number of hydrogen-bond donors (Lipinski definition) is 0. The highest BCUT2D eigenvalue weighted by molar-refractivity contribution is 5.86. The van der Waals surface area contributed by atoms with E-state index >= 15 is 0 Å². The van der Waals surface area contributed by atoms with Crippen molar-refractivity contribution in [3.05, 3.63) is 24.0 Å². The number of carbonyl (C=O) groups excluding carboxylic acids is 1. The molecule has 0 spiro atoms. The molecule has 0 aliphatic heterocycles. The van der Waals surface area contributed by atoms with Crippen molar-refractivity contribution in [1.29, 1.82) is 0 Å². The first kappa shape index (κ1) is 9.75. The van der Waals surface area contributed by atoms with Crippen molar-refractivity contribution in [2.24, 2.45) is 0 Å². The van der Waals surface area contributed by atoms with Gasteiger partial charge in [0.1, 0.15) is 0 Å². The lowest BCUT2D eigenvalue weighted by atomic mass is 10.3. The summed E-state index contributed by atoms with van der Waals surface area (Å²) in [6, 6.07) is 0. The Morgan fingerprint density at radius 1 is 1.36 bits per heavy atom. The molecule has 0 aromatic heterocycles. The van der Waals surface area contributed by atoms with Crippen molar-refractivity contribution in [3.8, 4) is 0 Å². The van der Waals surface area contributed by atoms with Crippen molar-refractivity contribution < 1.29 is 14.3 Å². The minimum absolute atomic E-state index is 0.167. The summed E-state index contributed by atoms with van der Waals surface area (Å²) >= 11 is 0. The Morgan fingerprint density at radius 2 is 1.91 bits per heavy atom. The summed E-state index contributed by atoms with van der Waals surface area (Å²) in [6.07, 6.45) is 1.52. The third-order valence-electron chi connectivity index (χ3n) is 0.984. The Balaban J connectivity index is 4.39. The number of esters is 1. The molecule has 11 heavy (non-hydrogen) atoms. The van der Waals surface area contributed by atoms with E-state index in [0.29, 0.717) is 0 Å². The van der Waals surface area contributed by atoms with E-state index < -0.39 is 5.97 Å². The van der Waals surface area contributed by atoms with Gasteiger partial charge in [-0.1, -0.05) is 12.2 Å². The van der Waals surface area contributed by atoms with Crippen LogP contribution in [0, 0.1) is 0 Å². The quantitative estimate of drug-likeness (QED) is 0.267. The average molecular weight is 156 g/mol. The van der Waals surface area contributed by atoms with E-state index in [0.717, 1.165) is 5.57 Å². The number of allylic oxidation sites excluding steroid dienone is 2. The van der Waals surface area contributed by atoms with E-state index in [1.165, 1.54) is 20.3 Å². The first-order chi connectivity index (χ1) is 5.11. The van der Waals surface area contributed by atoms with Gasteiger partial charge in [0.05, 0.1) is 14.2 Å². The fraction of sp³-hybridized carbons (Fsp3) is 0.375. The molecule has 0 saturated heterocycles. The SMILES string of the molecule is C=C(C)/C=C(/OC)C(=O)OC. The molecule has 0 heterocycles. The number of ether oxygens (including phenoxy) is 2. The fourth-order valence-electron chi connectivity index (χ4n) is 0.526. The molecule has 0 radical (unpaired) electrons. The summed E-state index contributed by atoms with van der Waals surface area (Å²) < 4.78 is 9.17. The predicted octanol–water partition coefficient (Wildman–Crippen LogP) is 1.27. The van der Waals surface area contributed by atoms with Crippen LogP contribution in [-0.4, -0.2) is 20.2 Å². The third kappa shape index (κ3) is 3.45. The molecule has 0 saturated carbocycles. The number of rotatable bonds is 3. The van der Waals surface area contributed by atoms with Crippen LogP contribution in [0.4, 0.5) is 0 Å². The number of carbonyl (C=O) groups is 1. The second-order valence-corrected chi connectivity index (χ2v) is 2.05. The molecule has 0 atom stereocenters.